The third-order valence-electron chi connectivity index (χ3n) is 3.86. The molecule has 23 heavy (non-hydrogen) atoms. The fraction of sp³-hybridized carbons (Fsp3) is 0.533. The van der Waals surface area contributed by atoms with E-state index in [1.54, 1.807) is 0 Å². The molecule has 0 bridgehead atoms. The van der Waals surface area contributed by atoms with Gasteiger partial charge in [0.25, 0.3) is 0 Å². The smallest absolute Gasteiger partial charge is 0.414 e. The number of fused-ring (bicyclic) bond motifs is 1. The number of halogens is 3. The Kier molecular flexibility index (Phi) is 5.03. The number of aryl methyl sites for hydroxylation is 1. The molecule has 3 N–H and O–H groups in total. The first kappa shape index (κ1) is 17.4. The summed E-state index contributed by atoms with van der Waals surface area (Å²) in [6, 6.07) is 2.84. The van der Waals surface area contributed by atoms with Gasteiger partial charge >= 0.3 is 12.2 Å². The molecule has 0 unspecified atom stereocenters. The van der Waals surface area contributed by atoms with Gasteiger partial charge in [0.05, 0.1) is 6.04 Å². The Hall–Kier alpha value is -1.96. The average Bonchev–Trinajstić information content (AvgIpc) is 2.85. The van der Waals surface area contributed by atoms with E-state index in [0.717, 1.165) is 22.4 Å². The summed E-state index contributed by atoms with van der Waals surface area (Å²) in [5, 5.41) is 13.8. The maximum atomic E-state index is 12.1. The molecule has 0 spiro atoms. The van der Waals surface area contributed by atoms with Gasteiger partial charge in [-0.25, -0.2) is 4.79 Å². The third kappa shape index (κ3) is 4.07. The van der Waals surface area contributed by atoms with Crippen LogP contribution >= 0.6 is 0 Å². The molecule has 1 heterocycles. The van der Waals surface area contributed by atoms with E-state index in [-0.39, 0.29) is 19.2 Å². The van der Waals surface area contributed by atoms with Crippen LogP contribution in [0.2, 0.25) is 0 Å². The van der Waals surface area contributed by atoms with Crippen LogP contribution in [0.3, 0.4) is 0 Å². The number of aliphatic hydroxyl groups excluding tert-OH is 1. The molecular formula is C15H19F3N2O3. The first-order chi connectivity index (χ1) is 10.7. The predicted octanol–water partition coefficient (Wildman–Crippen LogP) is 2.35. The molecule has 0 radical (unpaired) electrons. The van der Waals surface area contributed by atoms with Crippen molar-refractivity contribution in [1.29, 1.82) is 0 Å². The van der Waals surface area contributed by atoms with Gasteiger partial charge in [-0.3, -0.25) is 0 Å². The average molecular weight is 332 g/mol. The second-order valence-corrected chi connectivity index (χ2v) is 5.54. The molecular weight excluding hydrogens is 313 g/mol. The number of hydrogen-bond donors (Lipinski definition) is 3. The number of amides is 2. The summed E-state index contributed by atoms with van der Waals surface area (Å²) >= 11 is 0. The quantitative estimate of drug-likeness (QED) is 0.793. The van der Waals surface area contributed by atoms with Crippen LogP contribution in [0.1, 0.15) is 29.2 Å². The van der Waals surface area contributed by atoms with E-state index in [2.05, 4.69) is 10.6 Å². The Morgan fingerprint density at radius 2 is 2.13 bits per heavy atom. The van der Waals surface area contributed by atoms with E-state index in [1.165, 1.54) is 0 Å². The highest BCUT2D eigenvalue weighted by Crippen LogP contribution is 2.36. The molecule has 0 saturated carbocycles. The second-order valence-electron chi connectivity index (χ2n) is 5.54. The first-order valence-electron chi connectivity index (χ1n) is 7.22. The maximum Gasteiger partial charge on any atom is 0.414 e. The molecule has 5 nitrogen and oxygen atoms in total. The van der Waals surface area contributed by atoms with E-state index in [1.807, 2.05) is 26.0 Å². The molecule has 1 aliphatic heterocycles. The number of carbonyl (C=O) groups is 1. The Morgan fingerprint density at radius 1 is 1.43 bits per heavy atom. The van der Waals surface area contributed by atoms with Gasteiger partial charge in [0.2, 0.25) is 0 Å². The summed E-state index contributed by atoms with van der Waals surface area (Å²) in [6.07, 6.45) is -7.71. The zero-order valence-electron chi connectivity index (χ0n) is 12.8. The number of aliphatic hydroxyl groups is 1. The minimum atomic E-state index is -4.67. The first-order valence-corrected chi connectivity index (χ1v) is 7.22. The lowest BCUT2D eigenvalue weighted by atomic mass is 10.0. The number of rotatable bonds is 4. The topological polar surface area (TPSA) is 70.6 Å². The highest BCUT2D eigenvalue weighted by Gasteiger charge is 2.37. The lowest BCUT2D eigenvalue weighted by Gasteiger charge is -2.16. The van der Waals surface area contributed by atoms with Crippen LogP contribution in [0.15, 0.2) is 12.1 Å². The number of alkyl halides is 3. The molecule has 2 atom stereocenters. The van der Waals surface area contributed by atoms with Crippen LogP contribution in [-0.2, 0) is 0 Å². The number of benzene rings is 1. The number of carbonyl (C=O) groups excluding carboxylic acids is 1. The van der Waals surface area contributed by atoms with Gasteiger partial charge in [0, 0.05) is 12.1 Å². The molecule has 2 rings (SSSR count). The van der Waals surface area contributed by atoms with Crippen molar-refractivity contribution in [1.82, 2.24) is 10.6 Å². The van der Waals surface area contributed by atoms with Crippen LogP contribution in [-0.4, -0.2) is 36.6 Å². The molecule has 1 aliphatic rings. The summed E-state index contributed by atoms with van der Waals surface area (Å²) < 4.78 is 42.0. The standard InChI is InChI=1S/C15H19F3N2O3/c1-8-3-4-10-11(7-23-13(10)9(8)2)20-14(22)19-6-5-12(21)15(16,17)18/h3-4,11-12,21H,5-7H2,1-2H3,(H2,19,20,22)/t11-,12-/m1/s1. The minimum Gasteiger partial charge on any atom is -0.490 e. The van der Waals surface area contributed by atoms with Crippen molar-refractivity contribution in [3.63, 3.8) is 0 Å². The van der Waals surface area contributed by atoms with E-state index >= 15 is 0 Å². The normalized spacial score (nSPS) is 18.1. The van der Waals surface area contributed by atoms with Crippen LogP contribution in [0.25, 0.3) is 0 Å². The van der Waals surface area contributed by atoms with Gasteiger partial charge < -0.3 is 20.5 Å². The molecule has 8 heteroatoms. The molecule has 128 valence electrons. The fourth-order valence-corrected chi connectivity index (χ4v) is 2.35. The molecule has 0 aliphatic carbocycles. The van der Waals surface area contributed by atoms with E-state index in [4.69, 9.17) is 9.84 Å². The fourth-order valence-electron chi connectivity index (χ4n) is 2.35. The molecule has 0 fully saturated rings. The van der Waals surface area contributed by atoms with E-state index in [0.29, 0.717) is 0 Å². The molecule has 1 aromatic rings. The molecule has 2 amide bonds. The summed E-state index contributed by atoms with van der Waals surface area (Å²) in [5.74, 6) is 0.739. The monoisotopic (exact) mass is 332 g/mol. The van der Waals surface area contributed by atoms with Crippen LogP contribution in [0.5, 0.6) is 5.75 Å². The maximum absolute atomic E-state index is 12.1. The van der Waals surface area contributed by atoms with Crippen LogP contribution in [0, 0.1) is 13.8 Å². The molecule has 0 aromatic heterocycles. The van der Waals surface area contributed by atoms with E-state index < -0.39 is 24.7 Å². The number of urea groups is 1. The minimum absolute atomic E-state index is 0.276. The Morgan fingerprint density at radius 3 is 2.78 bits per heavy atom. The number of ether oxygens (including phenoxy) is 1. The lowest BCUT2D eigenvalue weighted by Crippen LogP contribution is -2.41. The number of hydrogen-bond acceptors (Lipinski definition) is 3. The Balaban J connectivity index is 1.86. The van der Waals surface area contributed by atoms with Gasteiger partial charge in [0.15, 0.2) is 6.10 Å². The van der Waals surface area contributed by atoms with Gasteiger partial charge in [0.1, 0.15) is 12.4 Å². The van der Waals surface area contributed by atoms with Crippen molar-refractivity contribution in [3.05, 3.63) is 28.8 Å². The van der Waals surface area contributed by atoms with Gasteiger partial charge in [-0.2, -0.15) is 13.2 Å². The summed E-state index contributed by atoms with van der Waals surface area (Å²) in [7, 11) is 0. The number of nitrogens with one attached hydrogen (secondary N) is 2. The van der Waals surface area contributed by atoms with Crippen molar-refractivity contribution in [2.24, 2.45) is 0 Å². The summed E-state index contributed by atoms with van der Waals surface area (Å²) in [4.78, 5) is 11.8. The van der Waals surface area contributed by atoms with Crippen LogP contribution in [0.4, 0.5) is 18.0 Å². The van der Waals surface area contributed by atoms with Gasteiger partial charge in [-0.1, -0.05) is 12.1 Å². The largest absolute Gasteiger partial charge is 0.490 e. The lowest BCUT2D eigenvalue weighted by molar-refractivity contribution is -0.204. The zero-order chi connectivity index (χ0) is 17.2. The van der Waals surface area contributed by atoms with Gasteiger partial charge in [-0.05, 0) is 31.4 Å². The third-order valence-corrected chi connectivity index (χ3v) is 3.86. The highest BCUT2D eigenvalue weighted by molar-refractivity contribution is 5.74. The summed E-state index contributed by atoms with van der Waals surface area (Å²) in [6.45, 7) is 3.88. The zero-order valence-corrected chi connectivity index (χ0v) is 12.8. The van der Waals surface area contributed by atoms with Crippen molar-refractivity contribution < 1.29 is 27.8 Å². The van der Waals surface area contributed by atoms with Crippen molar-refractivity contribution in [3.8, 4) is 5.75 Å². The second kappa shape index (κ2) is 6.66. The van der Waals surface area contributed by atoms with Crippen LogP contribution < -0.4 is 15.4 Å². The van der Waals surface area contributed by atoms with Gasteiger partial charge in [-0.15, -0.1) is 0 Å². The Labute approximate surface area is 131 Å². The van der Waals surface area contributed by atoms with Crippen molar-refractivity contribution >= 4 is 6.03 Å². The SMILES string of the molecule is Cc1ccc2c(c1C)OC[C@H]2NC(=O)NCC[C@@H](O)C(F)(F)F. The highest BCUT2D eigenvalue weighted by atomic mass is 19.4. The summed E-state index contributed by atoms with van der Waals surface area (Å²) in [5.41, 5.74) is 2.93. The van der Waals surface area contributed by atoms with Crippen molar-refractivity contribution in [2.45, 2.75) is 38.6 Å². The van der Waals surface area contributed by atoms with E-state index in [9.17, 15) is 18.0 Å². The Bertz CT molecular complexity index is 590. The molecule has 1 aromatic carbocycles. The predicted molar refractivity (Wildman–Crippen MR) is 77.4 cm³/mol. The van der Waals surface area contributed by atoms with Crippen molar-refractivity contribution in [2.75, 3.05) is 13.2 Å². The molecule has 0 saturated heterocycles.